The third-order valence-corrected chi connectivity index (χ3v) is 7.04. The number of nitrogens with one attached hydrogen (secondary N) is 1. The highest BCUT2D eigenvalue weighted by Crippen LogP contribution is 2.39. The average Bonchev–Trinajstić information content (AvgIpc) is 3.15. The molecule has 1 unspecified atom stereocenters. The SMILES string of the molecule is C[S+]([O-])N1CCc2[nH]nc(C(=O)N3CCC(c4cc(F)ccc4C(F)(F)F)CC3)c2C1. The van der Waals surface area contributed by atoms with E-state index in [0.717, 1.165) is 29.5 Å². The molecule has 0 bridgehead atoms. The molecule has 0 radical (unpaired) electrons. The van der Waals surface area contributed by atoms with E-state index in [2.05, 4.69) is 10.2 Å². The maximum absolute atomic E-state index is 13.7. The maximum atomic E-state index is 13.7. The van der Waals surface area contributed by atoms with Crippen molar-refractivity contribution in [2.45, 2.75) is 37.9 Å². The summed E-state index contributed by atoms with van der Waals surface area (Å²) in [6.07, 6.45) is -1.77. The van der Waals surface area contributed by atoms with Gasteiger partial charge < -0.3 is 9.45 Å². The second kappa shape index (κ2) is 8.44. The van der Waals surface area contributed by atoms with Crippen LogP contribution in [0.1, 0.15) is 51.6 Å². The first-order valence-electron chi connectivity index (χ1n) is 9.95. The third kappa shape index (κ3) is 4.44. The van der Waals surface area contributed by atoms with Crippen molar-refractivity contribution in [3.05, 3.63) is 52.1 Å². The summed E-state index contributed by atoms with van der Waals surface area (Å²) in [6.45, 7) is 1.46. The van der Waals surface area contributed by atoms with Crippen LogP contribution in [0.15, 0.2) is 18.2 Å². The number of hydrogen-bond acceptors (Lipinski definition) is 4. The molecule has 0 spiro atoms. The van der Waals surface area contributed by atoms with Gasteiger partial charge in [-0.25, -0.2) is 4.39 Å². The zero-order chi connectivity index (χ0) is 22.3. The summed E-state index contributed by atoms with van der Waals surface area (Å²) < 4.78 is 67.3. The van der Waals surface area contributed by atoms with Crippen molar-refractivity contribution in [1.29, 1.82) is 0 Å². The molecule has 1 atom stereocenters. The molecule has 1 amide bonds. The smallest absolute Gasteiger partial charge is 0.416 e. The Kier molecular flexibility index (Phi) is 6.01. The summed E-state index contributed by atoms with van der Waals surface area (Å²) in [4.78, 5) is 14.6. The number of nitrogens with zero attached hydrogens (tertiary/aromatic N) is 3. The molecule has 2 aliphatic heterocycles. The van der Waals surface area contributed by atoms with E-state index >= 15 is 0 Å². The molecule has 2 aromatic rings. The molecule has 3 heterocycles. The Morgan fingerprint density at radius 2 is 1.97 bits per heavy atom. The van der Waals surface area contributed by atoms with Crippen LogP contribution in [0.25, 0.3) is 0 Å². The van der Waals surface area contributed by atoms with Gasteiger partial charge in [-0.1, -0.05) is 0 Å². The van der Waals surface area contributed by atoms with Gasteiger partial charge in [0, 0.05) is 42.1 Å². The molecule has 4 rings (SSSR count). The molecular formula is C20H22F4N4O2S. The Balaban J connectivity index is 1.48. The van der Waals surface area contributed by atoms with Crippen LogP contribution in [0.5, 0.6) is 0 Å². The number of alkyl halides is 3. The van der Waals surface area contributed by atoms with Crippen molar-refractivity contribution in [2.75, 3.05) is 25.9 Å². The van der Waals surface area contributed by atoms with E-state index in [4.69, 9.17) is 0 Å². The first-order chi connectivity index (χ1) is 14.6. The summed E-state index contributed by atoms with van der Waals surface area (Å²) in [5.74, 6) is -1.49. The highest BCUT2D eigenvalue weighted by molar-refractivity contribution is 7.88. The second-order valence-electron chi connectivity index (χ2n) is 7.86. The van der Waals surface area contributed by atoms with Crippen molar-refractivity contribution in [1.82, 2.24) is 19.4 Å². The Morgan fingerprint density at radius 1 is 1.26 bits per heavy atom. The number of benzene rings is 1. The van der Waals surface area contributed by atoms with Gasteiger partial charge >= 0.3 is 6.18 Å². The molecule has 2 aliphatic rings. The highest BCUT2D eigenvalue weighted by atomic mass is 32.2. The van der Waals surface area contributed by atoms with Gasteiger partial charge in [-0.2, -0.15) is 18.3 Å². The van der Waals surface area contributed by atoms with Gasteiger partial charge in [0.15, 0.2) is 5.69 Å². The van der Waals surface area contributed by atoms with E-state index in [0.29, 0.717) is 32.4 Å². The fourth-order valence-electron chi connectivity index (χ4n) is 4.34. The number of halogens is 4. The Bertz CT molecular complexity index is 971. The van der Waals surface area contributed by atoms with Crippen LogP contribution in [0.4, 0.5) is 17.6 Å². The molecule has 168 valence electrons. The monoisotopic (exact) mass is 458 g/mol. The van der Waals surface area contributed by atoms with Crippen molar-refractivity contribution in [3.63, 3.8) is 0 Å². The molecule has 1 saturated heterocycles. The fraction of sp³-hybridized carbons (Fsp3) is 0.500. The number of piperidine rings is 1. The molecule has 6 nitrogen and oxygen atoms in total. The fourth-order valence-corrected chi connectivity index (χ4v) is 5.00. The number of hydrogen-bond donors (Lipinski definition) is 1. The van der Waals surface area contributed by atoms with Crippen LogP contribution in [-0.4, -0.2) is 55.8 Å². The number of likely N-dealkylation sites (tertiary alicyclic amines) is 1. The third-order valence-electron chi connectivity index (χ3n) is 6.01. The first-order valence-corrected chi connectivity index (χ1v) is 11.5. The zero-order valence-corrected chi connectivity index (χ0v) is 17.7. The molecule has 0 aliphatic carbocycles. The molecule has 0 saturated carbocycles. The number of aromatic amines is 1. The minimum Gasteiger partial charge on any atom is -0.598 e. The van der Waals surface area contributed by atoms with Crippen LogP contribution in [0, 0.1) is 5.82 Å². The van der Waals surface area contributed by atoms with Crippen molar-refractivity contribution < 1.29 is 26.9 Å². The van der Waals surface area contributed by atoms with Crippen LogP contribution >= 0.6 is 0 Å². The van der Waals surface area contributed by atoms with Crippen LogP contribution in [0.2, 0.25) is 0 Å². The molecular weight excluding hydrogens is 436 g/mol. The number of H-pyrrole nitrogens is 1. The maximum Gasteiger partial charge on any atom is 0.416 e. The largest absolute Gasteiger partial charge is 0.598 e. The van der Waals surface area contributed by atoms with E-state index in [1.807, 2.05) is 0 Å². The second-order valence-corrected chi connectivity index (χ2v) is 9.23. The van der Waals surface area contributed by atoms with Crippen molar-refractivity contribution in [3.8, 4) is 0 Å². The predicted molar refractivity (Wildman–Crippen MR) is 106 cm³/mol. The van der Waals surface area contributed by atoms with Crippen molar-refractivity contribution >= 4 is 17.3 Å². The van der Waals surface area contributed by atoms with Crippen LogP contribution in [-0.2, 0) is 30.5 Å². The predicted octanol–water partition coefficient (Wildman–Crippen LogP) is 3.24. The van der Waals surface area contributed by atoms with Gasteiger partial charge in [0.2, 0.25) is 0 Å². The van der Waals surface area contributed by atoms with E-state index in [-0.39, 0.29) is 30.3 Å². The lowest BCUT2D eigenvalue weighted by Gasteiger charge is -2.33. The summed E-state index contributed by atoms with van der Waals surface area (Å²) in [5, 5.41) is 7.04. The Labute approximate surface area is 179 Å². The minimum absolute atomic E-state index is 0.0576. The van der Waals surface area contributed by atoms with Crippen LogP contribution < -0.4 is 0 Å². The number of carbonyl (C=O) groups excluding carboxylic acids is 1. The number of aromatic nitrogens is 2. The minimum atomic E-state index is -4.56. The van der Waals surface area contributed by atoms with E-state index in [1.54, 1.807) is 15.5 Å². The number of carbonyl (C=O) groups is 1. The summed E-state index contributed by atoms with van der Waals surface area (Å²) in [7, 11) is 0. The summed E-state index contributed by atoms with van der Waals surface area (Å²) in [6, 6.07) is 2.55. The molecule has 1 fully saturated rings. The average molecular weight is 458 g/mol. The first kappa shape index (κ1) is 22.1. The lowest BCUT2D eigenvalue weighted by molar-refractivity contribution is -0.138. The van der Waals surface area contributed by atoms with Gasteiger partial charge in [-0.15, -0.1) is 4.31 Å². The lowest BCUT2D eigenvalue weighted by Crippen LogP contribution is -2.40. The molecule has 1 aromatic carbocycles. The quantitative estimate of drug-likeness (QED) is 0.566. The topological polar surface area (TPSA) is 75.3 Å². The van der Waals surface area contributed by atoms with Crippen molar-refractivity contribution in [2.24, 2.45) is 0 Å². The standard InChI is InChI=1S/C20H22F4N4O2S/c1-31(30)28-9-6-17-15(11-28)18(26-25-17)19(29)27-7-4-12(5-8-27)14-10-13(21)2-3-16(14)20(22,23)24/h2-3,10,12H,4-9,11H2,1H3,(H,25,26). The zero-order valence-electron chi connectivity index (χ0n) is 16.8. The lowest BCUT2D eigenvalue weighted by atomic mass is 9.86. The molecule has 31 heavy (non-hydrogen) atoms. The Morgan fingerprint density at radius 3 is 2.61 bits per heavy atom. The number of amides is 1. The molecule has 1 aromatic heterocycles. The number of rotatable bonds is 3. The number of fused-ring (bicyclic) bond motifs is 1. The normalized spacial score (nSPS) is 19.4. The van der Waals surface area contributed by atoms with Gasteiger partial charge in [-0.3, -0.25) is 9.89 Å². The van der Waals surface area contributed by atoms with Gasteiger partial charge in [-0.05, 0) is 42.5 Å². The van der Waals surface area contributed by atoms with E-state index < -0.39 is 34.8 Å². The summed E-state index contributed by atoms with van der Waals surface area (Å²) in [5.41, 5.74) is 0.948. The van der Waals surface area contributed by atoms with Crippen LogP contribution in [0.3, 0.4) is 0 Å². The summed E-state index contributed by atoms with van der Waals surface area (Å²) >= 11 is -1.16. The van der Waals surface area contributed by atoms with E-state index in [9.17, 15) is 26.9 Å². The van der Waals surface area contributed by atoms with E-state index in [1.165, 1.54) is 0 Å². The van der Waals surface area contributed by atoms with Gasteiger partial charge in [0.05, 0.1) is 18.7 Å². The van der Waals surface area contributed by atoms with Gasteiger partial charge in [0.25, 0.3) is 5.91 Å². The highest BCUT2D eigenvalue weighted by Gasteiger charge is 2.37. The molecule has 1 N–H and O–H groups in total. The van der Waals surface area contributed by atoms with Gasteiger partial charge in [0.1, 0.15) is 12.1 Å². The molecule has 11 heteroatoms. The Hall–Kier alpha value is -2.11.